The van der Waals surface area contributed by atoms with Crippen molar-refractivity contribution in [1.82, 2.24) is 10.2 Å². The van der Waals surface area contributed by atoms with Crippen LogP contribution < -0.4 is 10.6 Å². The lowest BCUT2D eigenvalue weighted by molar-refractivity contribution is -0.127. The molecule has 0 unspecified atom stereocenters. The van der Waals surface area contributed by atoms with E-state index in [9.17, 15) is 9.18 Å². The maximum Gasteiger partial charge on any atom is 0.245 e. The van der Waals surface area contributed by atoms with Crippen molar-refractivity contribution in [2.24, 2.45) is 5.92 Å². The van der Waals surface area contributed by atoms with Crippen molar-refractivity contribution in [1.29, 1.82) is 0 Å². The summed E-state index contributed by atoms with van der Waals surface area (Å²) >= 11 is 0. The van der Waals surface area contributed by atoms with E-state index in [2.05, 4.69) is 15.5 Å². The van der Waals surface area contributed by atoms with E-state index in [0.29, 0.717) is 11.7 Å². The molecule has 2 aliphatic carbocycles. The quantitative estimate of drug-likeness (QED) is 0.832. The number of amides is 1. The fraction of sp³-hybridized carbons (Fsp3) is 0.650. The highest BCUT2D eigenvalue weighted by Gasteiger charge is 2.43. The molecule has 5 heteroatoms. The third-order valence-electron chi connectivity index (χ3n) is 6.01. The summed E-state index contributed by atoms with van der Waals surface area (Å²) in [6.07, 6.45) is 7.78. The number of halogens is 1. The summed E-state index contributed by atoms with van der Waals surface area (Å²) in [6, 6.07) is 6.79. The molecule has 3 aliphatic rings. The molecule has 1 saturated heterocycles. The van der Waals surface area contributed by atoms with Crippen LogP contribution in [0.2, 0.25) is 0 Å². The molecule has 0 spiro atoms. The predicted molar refractivity (Wildman–Crippen MR) is 96.9 cm³/mol. The maximum atomic E-state index is 13.6. The lowest BCUT2D eigenvalue weighted by atomic mass is 9.82. The molecule has 1 heterocycles. The Morgan fingerprint density at radius 2 is 1.96 bits per heavy atom. The number of anilines is 1. The number of benzene rings is 1. The molecule has 3 fully saturated rings. The Bertz CT molecular complexity index is 619. The van der Waals surface area contributed by atoms with Gasteiger partial charge in [0.25, 0.3) is 0 Å². The summed E-state index contributed by atoms with van der Waals surface area (Å²) in [6.45, 7) is 3.02. The zero-order chi connectivity index (χ0) is 17.3. The SMILES string of the molecule is O=C(NC1CC1)C1(Nc2cccc(F)c2)CCN(CC2CCC2)CC1. The molecule has 0 aromatic heterocycles. The van der Waals surface area contributed by atoms with Crippen molar-refractivity contribution in [2.45, 2.75) is 56.5 Å². The Labute approximate surface area is 149 Å². The number of hydrogen-bond acceptors (Lipinski definition) is 3. The van der Waals surface area contributed by atoms with Gasteiger partial charge in [0.05, 0.1) is 0 Å². The van der Waals surface area contributed by atoms with E-state index in [4.69, 9.17) is 0 Å². The summed E-state index contributed by atoms with van der Waals surface area (Å²) in [4.78, 5) is 15.5. The number of rotatable bonds is 6. The standard InChI is InChI=1S/C20H28FN3O/c21-16-5-2-6-18(13-16)23-20(19(25)22-17-7-8-17)9-11-24(12-10-20)14-15-3-1-4-15/h2,5-6,13,15,17,23H,1,3-4,7-12,14H2,(H,22,25). The molecule has 2 saturated carbocycles. The van der Waals surface area contributed by atoms with Crippen molar-refractivity contribution in [3.05, 3.63) is 30.1 Å². The van der Waals surface area contributed by atoms with E-state index >= 15 is 0 Å². The first kappa shape index (κ1) is 16.8. The van der Waals surface area contributed by atoms with Crippen LogP contribution in [0.15, 0.2) is 24.3 Å². The fourth-order valence-corrected chi connectivity index (χ4v) is 3.96. The van der Waals surface area contributed by atoms with E-state index in [0.717, 1.165) is 44.7 Å². The number of nitrogens with zero attached hydrogens (tertiary/aromatic N) is 1. The van der Waals surface area contributed by atoms with Gasteiger partial charge < -0.3 is 15.5 Å². The summed E-state index contributed by atoms with van der Waals surface area (Å²) < 4.78 is 13.6. The zero-order valence-corrected chi connectivity index (χ0v) is 14.8. The highest BCUT2D eigenvalue weighted by Crippen LogP contribution is 2.32. The molecule has 4 rings (SSSR count). The Morgan fingerprint density at radius 1 is 1.20 bits per heavy atom. The molecular weight excluding hydrogens is 317 g/mol. The van der Waals surface area contributed by atoms with Gasteiger partial charge in [-0.2, -0.15) is 0 Å². The molecule has 25 heavy (non-hydrogen) atoms. The summed E-state index contributed by atoms with van der Waals surface area (Å²) in [5, 5.41) is 6.55. The minimum Gasteiger partial charge on any atom is -0.371 e. The van der Waals surface area contributed by atoms with Gasteiger partial charge in [-0.05, 0) is 62.6 Å². The molecule has 136 valence electrons. The third kappa shape index (κ3) is 3.97. The Hall–Kier alpha value is -1.62. The van der Waals surface area contributed by atoms with Crippen molar-refractivity contribution in [2.75, 3.05) is 25.0 Å². The highest BCUT2D eigenvalue weighted by molar-refractivity contribution is 5.90. The topological polar surface area (TPSA) is 44.4 Å². The van der Waals surface area contributed by atoms with Crippen molar-refractivity contribution in [3.63, 3.8) is 0 Å². The van der Waals surface area contributed by atoms with Crippen LogP contribution in [0.5, 0.6) is 0 Å². The molecule has 1 aromatic carbocycles. The largest absolute Gasteiger partial charge is 0.371 e. The molecule has 2 N–H and O–H groups in total. The van der Waals surface area contributed by atoms with Crippen LogP contribution in [0, 0.1) is 11.7 Å². The molecule has 0 bridgehead atoms. The second kappa shape index (κ2) is 6.94. The number of hydrogen-bond donors (Lipinski definition) is 2. The molecule has 0 atom stereocenters. The summed E-state index contributed by atoms with van der Waals surface area (Å²) in [5.74, 6) is 0.664. The monoisotopic (exact) mass is 345 g/mol. The van der Waals surface area contributed by atoms with Gasteiger partial charge in [-0.3, -0.25) is 4.79 Å². The molecule has 1 amide bonds. The lowest BCUT2D eigenvalue weighted by Crippen LogP contribution is -2.59. The number of nitrogens with one attached hydrogen (secondary N) is 2. The number of piperidine rings is 1. The maximum absolute atomic E-state index is 13.6. The minimum absolute atomic E-state index is 0.0857. The molecule has 1 aromatic rings. The lowest BCUT2D eigenvalue weighted by Gasteiger charge is -2.43. The minimum atomic E-state index is -0.619. The average molecular weight is 345 g/mol. The normalized spacial score (nSPS) is 23.7. The van der Waals surface area contributed by atoms with Crippen LogP contribution in [0.25, 0.3) is 0 Å². The fourth-order valence-electron chi connectivity index (χ4n) is 3.96. The number of likely N-dealkylation sites (tertiary alicyclic amines) is 1. The Morgan fingerprint density at radius 3 is 2.56 bits per heavy atom. The zero-order valence-electron chi connectivity index (χ0n) is 14.8. The molecule has 4 nitrogen and oxygen atoms in total. The second-order valence-electron chi connectivity index (χ2n) is 8.06. The van der Waals surface area contributed by atoms with Gasteiger partial charge in [-0.1, -0.05) is 12.5 Å². The molecular formula is C20H28FN3O. The van der Waals surface area contributed by atoms with Gasteiger partial charge in [0.2, 0.25) is 5.91 Å². The van der Waals surface area contributed by atoms with Crippen molar-refractivity contribution >= 4 is 11.6 Å². The van der Waals surface area contributed by atoms with E-state index in [1.165, 1.54) is 37.9 Å². The highest BCUT2D eigenvalue weighted by atomic mass is 19.1. The second-order valence-corrected chi connectivity index (χ2v) is 8.06. The predicted octanol–water partition coefficient (Wildman–Crippen LogP) is 3.15. The Kier molecular flexibility index (Phi) is 4.67. The van der Waals surface area contributed by atoms with Crippen molar-refractivity contribution < 1.29 is 9.18 Å². The van der Waals surface area contributed by atoms with Gasteiger partial charge in [0.15, 0.2) is 0 Å². The van der Waals surface area contributed by atoms with E-state index in [1.54, 1.807) is 6.07 Å². The van der Waals surface area contributed by atoms with Gasteiger partial charge in [0, 0.05) is 31.4 Å². The smallest absolute Gasteiger partial charge is 0.245 e. The first-order valence-corrected chi connectivity index (χ1v) is 9.70. The average Bonchev–Trinajstić information content (AvgIpc) is 3.36. The van der Waals surface area contributed by atoms with Crippen LogP contribution in [0.3, 0.4) is 0 Å². The Balaban J connectivity index is 1.45. The van der Waals surface area contributed by atoms with Crippen LogP contribution in [0.1, 0.15) is 44.9 Å². The van der Waals surface area contributed by atoms with Gasteiger partial charge in [0.1, 0.15) is 11.4 Å². The van der Waals surface area contributed by atoms with E-state index in [-0.39, 0.29) is 11.7 Å². The van der Waals surface area contributed by atoms with Gasteiger partial charge >= 0.3 is 0 Å². The first-order chi connectivity index (χ1) is 12.1. The summed E-state index contributed by atoms with van der Waals surface area (Å²) in [5.41, 5.74) is 0.0744. The third-order valence-corrected chi connectivity index (χ3v) is 6.01. The van der Waals surface area contributed by atoms with Crippen LogP contribution in [-0.2, 0) is 4.79 Å². The molecule has 1 aliphatic heterocycles. The van der Waals surface area contributed by atoms with Gasteiger partial charge in [-0.25, -0.2) is 4.39 Å². The molecule has 0 radical (unpaired) electrons. The van der Waals surface area contributed by atoms with Crippen molar-refractivity contribution in [3.8, 4) is 0 Å². The van der Waals surface area contributed by atoms with E-state index in [1.807, 2.05) is 6.07 Å². The van der Waals surface area contributed by atoms with Crippen LogP contribution >= 0.6 is 0 Å². The first-order valence-electron chi connectivity index (χ1n) is 9.70. The van der Waals surface area contributed by atoms with E-state index < -0.39 is 5.54 Å². The number of carbonyl (C=O) groups is 1. The summed E-state index contributed by atoms with van der Waals surface area (Å²) in [7, 11) is 0. The van der Waals surface area contributed by atoms with Crippen LogP contribution in [0.4, 0.5) is 10.1 Å². The van der Waals surface area contributed by atoms with Gasteiger partial charge in [-0.15, -0.1) is 0 Å². The number of carbonyl (C=O) groups excluding carboxylic acids is 1. The van der Waals surface area contributed by atoms with Crippen LogP contribution in [-0.4, -0.2) is 42.0 Å².